The number of carbonyl (C=O) groups is 1. The molecule has 124 valence electrons. The van der Waals surface area contributed by atoms with Crippen LogP contribution in [0.5, 0.6) is 0 Å². The topological polar surface area (TPSA) is 32.8 Å². The molecule has 1 fully saturated rings. The van der Waals surface area contributed by atoms with Gasteiger partial charge in [-0.05, 0) is 29.3 Å². The highest BCUT2D eigenvalue weighted by Crippen LogP contribution is 2.44. The summed E-state index contributed by atoms with van der Waals surface area (Å²) in [5, 5.41) is 0. The minimum absolute atomic E-state index is 0.133. The second-order valence-electron chi connectivity index (χ2n) is 6.59. The van der Waals surface area contributed by atoms with Crippen LogP contribution in [0, 0.1) is 0 Å². The third kappa shape index (κ3) is 2.67. The van der Waals surface area contributed by atoms with Crippen LogP contribution in [-0.2, 0) is 4.74 Å². The Labute approximate surface area is 142 Å². The molecule has 0 saturated carbocycles. The van der Waals surface area contributed by atoms with E-state index >= 15 is 0 Å². The predicted molar refractivity (Wildman–Crippen MR) is 94.1 cm³/mol. The van der Waals surface area contributed by atoms with E-state index < -0.39 is 0 Å². The van der Waals surface area contributed by atoms with Gasteiger partial charge in [-0.25, -0.2) is 4.79 Å². The summed E-state index contributed by atoms with van der Waals surface area (Å²) in [5.41, 5.74) is 5.03. The fraction of sp³-hybridized carbons (Fsp3) is 0.350. The largest absolute Gasteiger partial charge is 0.448 e. The lowest BCUT2D eigenvalue weighted by molar-refractivity contribution is 0.0799. The summed E-state index contributed by atoms with van der Waals surface area (Å²) in [4.78, 5) is 16.4. The maximum atomic E-state index is 12.4. The molecule has 1 aliphatic heterocycles. The molecule has 2 aliphatic rings. The van der Waals surface area contributed by atoms with Gasteiger partial charge in [-0.15, -0.1) is 0 Å². The molecular formula is C20H22N2O2. The average Bonchev–Trinajstić information content (AvgIpc) is 2.94. The molecule has 2 aromatic rings. The molecule has 1 saturated heterocycles. The van der Waals surface area contributed by atoms with Gasteiger partial charge >= 0.3 is 6.09 Å². The van der Waals surface area contributed by atoms with Gasteiger partial charge in [0, 0.05) is 32.1 Å². The van der Waals surface area contributed by atoms with Crippen molar-refractivity contribution in [1.82, 2.24) is 9.80 Å². The zero-order valence-corrected chi connectivity index (χ0v) is 13.9. The monoisotopic (exact) mass is 322 g/mol. The summed E-state index contributed by atoms with van der Waals surface area (Å²) < 4.78 is 5.68. The molecule has 4 rings (SSSR count). The van der Waals surface area contributed by atoms with Gasteiger partial charge in [0.2, 0.25) is 0 Å². The van der Waals surface area contributed by atoms with E-state index in [1.165, 1.54) is 22.3 Å². The number of amides is 1. The van der Waals surface area contributed by atoms with Gasteiger partial charge in [-0.1, -0.05) is 48.5 Å². The minimum atomic E-state index is -0.190. The van der Waals surface area contributed by atoms with Crippen LogP contribution >= 0.6 is 0 Å². The maximum Gasteiger partial charge on any atom is 0.409 e. The quantitative estimate of drug-likeness (QED) is 0.851. The molecular weight excluding hydrogens is 300 g/mol. The summed E-state index contributed by atoms with van der Waals surface area (Å²) in [6, 6.07) is 16.8. The van der Waals surface area contributed by atoms with E-state index in [-0.39, 0.29) is 12.0 Å². The zero-order valence-electron chi connectivity index (χ0n) is 13.9. The molecule has 0 radical (unpaired) electrons. The van der Waals surface area contributed by atoms with Crippen LogP contribution in [0.3, 0.4) is 0 Å². The summed E-state index contributed by atoms with van der Waals surface area (Å²) in [7, 11) is 2.08. The van der Waals surface area contributed by atoms with E-state index in [1.807, 2.05) is 4.90 Å². The van der Waals surface area contributed by atoms with Crippen LogP contribution < -0.4 is 0 Å². The van der Waals surface area contributed by atoms with Gasteiger partial charge in [0.15, 0.2) is 0 Å². The Morgan fingerprint density at radius 3 is 2.08 bits per heavy atom. The fourth-order valence-corrected chi connectivity index (χ4v) is 3.67. The highest BCUT2D eigenvalue weighted by atomic mass is 16.6. The first-order valence-corrected chi connectivity index (χ1v) is 8.52. The molecule has 4 nitrogen and oxygen atoms in total. The molecule has 2 aromatic carbocycles. The molecule has 0 spiro atoms. The number of fused-ring (bicyclic) bond motifs is 3. The van der Waals surface area contributed by atoms with Gasteiger partial charge < -0.3 is 14.5 Å². The second-order valence-corrected chi connectivity index (χ2v) is 6.59. The van der Waals surface area contributed by atoms with E-state index in [0.29, 0.717) is 6.61 Å². The van der Waals surface area contributed by atoms with Crippen molar-refractivity contribution in [2.24, 2.45) is 0 Å². The van der Waals surface area contributed by atoms with Gasteiger partial charge in [-0.2, -0.15) is 0 Å². The number of hydrogen-bond donors (Lipinski definition) is 0. The smallest absolute Gasteiger partial charge is 0.409 e. The minimum Gasteiger partial charge on any atom is -0.448 e. The lowest BCUT2D eigenvalue weighted by Gasteiger charge is -2.32. The Kier molecular flexibility index (Phi) is 3.98. The average molecular weight is 322 g/mol. The third-order valence-electron chi connectivity index (χ3n) is 5.10. The van der Waals surface area contributed by atoms with Crippen molar-refractivity contribution in [3.05, 3.63) is 59.7 Å². The number of piperazine rings is 1. The molecule has 0 atom stereocenters. The van der Waals surface area contributed by atoms with Crippen LogP contribution in [0.4, 0.5) is 4.79 Å². The Balaban J connectivity index is 1.50. The molecule has 0 bridgehead atoms. The number of carbonyl (C=O) groups excluding carboxylic acids is 1. The van der Waals surface area contributed by atoms with Crippen molar-refractivity contribution in [2.75, 3.05) is 39.8 Å². The summed E-state index contributed by atoms with van der Waals surface area (Å²) in [6.45, 7) is 3.70. The number of likely N-dealkylation sites (N-methyl/N-ethyl adjacent to an activating group) is 1. The summed E-state index contributed by atoms with van der Waals surface area (Å²) in [6.07, 6.45) is -0.190. The van der Waals surface area contributed by atoms with Crippen LogP contribution in [0.1, 0.15) is 17.0 Å². The van der Waals surface area contributed by atoms with Gasteiger partial charge in [0.1, 0.15) is 6.61 Å². The first kappa shape index (κ1) is 15.2. The molecule has 1 aliphatic carbocycles. The predicted octanol–water partition coefficient (Wildman–Crippen LogP) is 3.18. The lowest BCUT2D eigenvalue weighted by atomic mass is 9.98. The maximum absolute atomic E-state index is 12.4. The molecule has 4 heteroatoms. The number of rotatable bonds is 2. The molecule has 0 unspecified atom stereocenters. The van der Waals surface area contributed by atoms with Crippen LogP contribution in [0.25, 0.3) is 11.1 Å². The lowest BCUT2D eigenvalue weighted by Crippen LogP contribution is -2.47. The van der Waals surface area contributed by atoms with Crippen LogP contribution in [0.15, 0.2) is 48.5 Å². The number of nitrogens with zero attached hydrogens (tertiary/aromatic N) is 2. The van der Waals surface area contributed by atoms with Crippen molar-refractivity contribution in [3.63, 3.8) is 0 Å². The zero-order chi connectivity index (χ0) is 16.5. The van der Waals surface area contributed by atoms with E-state index in [0.717, 1.165) is 26.2 Å². The Morgan fingerprint density at radius 1 is 0.958 bits per heavy atom. The van der Waals surface area contributed by atoms with Gasteiger partial charge in [0.25, 0.3) is 0 Å². The van der Waals surface area contributed by atoms with Crippen molar-refractivity contribution < 1.29 is 9.53 Å². The molecule has 0 N–H and O–H groups in total. The second kappa shape index (κ2) is 6.29. The Bertz CT molecular complexity index is 705. The van der Waals surface area contributed by atoms with Crippen molar-refractivity contribution in [3.8, 4) is 11.1 Å². The van der Waals surface area contributed by atoms with Gasteiger partial charge in [-0.3, -0.25) is 0 Å². The molecule has 1 heterocycles. The third-order valence-corrected chi connectivity index (χ3v) is 5.10. The van der Waals surface area contributed by atoms with E-state index in [1.54, 1.807) is 0 Å². The highest BCUT2D eigenvalue weighted by molar-refractivity contribution is 5.79. The SMILES string of the molecule is CN1CCN(C(=O)OCC2c3ccccc3-c3ccccc32)CC1. The van der Waals surface area contributed by atoms with E-state index in [2.05, 4.69) is 60.5 Å². The van der Waals surface area contributed by atoms with Crippen LogP contribution in [-0.4, -0.2) is 55.7 Å². The summed E-state index contributed by atoms with van der Waals surface area (Å²) in [5.74, 6) is 0.133. The number of ether oxygens (including phenoxy) is 1. The van der Waals surface area contributed by atoms with Crippen molar-refractivity contribution in [1.29, 1.82) is 0 Å². The standard InChI is InChI=1S/C20H22N2O2/c1-21-10-12-22(13-11-21)20(23)24-14-19-17-8-4-2-6-15(17)16-7-3-5-9-18(16)19/h2-9,19H,10-14H2,1H3. The normalized spacial score (nSPS) is 17.5. The number of hydrogen-bond acceptors (Lipinski definition) is 3. The molecule has 24 heavy (non-hydrogen) atoms. The first-order chi connectivity index (χ1) is 11.7. The summed E-state index contributed by atoms with van der Waals surface area (Å²) >= 11 is 0. The van der Waals surface area contributed by atoms with E-state index in [4.69, 9.17) is 4.74 Å². The number of benzene rings is 2. The Hall–Kier alpha value is -2.33. The fourth-order valence-electron chi connectivity index (χ4n) is 3.67. The molecule has 1 amide bonds. The Morgan fingerprint density at radius 2 is 1.50 bits per heavy atom. The molecule has 0 aromatic heterocycles. The van der Waals surface area contributed by atoms with Gasteiger partial charge in [0.05, 0.1) is 0 Å². The van der Waals surface area contributed by atoms with Crippen molar-refractivity contribution >= 4 is 6.09 Å². The first-order valence-electron chi connectivity index (χ1n) is 8.52. The van der Waals surface area contributed by atoms with Crippen LogP contribution in [0.2, 0.25) is 0 Å². The van der Waals surface area contributed by atoms with Crippen molar-refractivity contribution in [2.45, 2.75) is 5.92 Å². The highest BCUT2D eigenvalue weighted by Gasteiger charge is 2.30. The van der Waals surface area contributed by atoms with E-state index in [9.17, 15) is 4.79 Å².